The molecule has 7 nitrogen and oxygen atoms in total. The molecule has 5 atom stereocenters. The number of aromatic nitrogens is 3. The first-order valence-electron chi connectivity index (χ1n) is 15.3. The van der Waals surface area contributed by atoms with Crippen LogP contribution in [0.1, 0.15) is 80.3 Å². The quantitative estimate of drug-likeness (QED) is 0.386. The average Bonchev–Trinajstić information content (AvgIpc) is 2.97. The second-order valence-electron chi connectivity index (χ2n) is 12.5. The number of anilines is 1. The van der Waals surface area contributed by atoms with E-state index in [9.17, 15) is 9.65 Å². The minimum Gasteiger partial charge on any atom is -0.374 e. The highest BCUT2D eigenvalue weighted by Gasteiger charge is 2.33. The summed E-state index contributed by atoms with van der Waals surface area (Å²) in [4.78, 5) is 19.0. The fourth-order valence-corrected chi connectivity index (χ4v) is 7.19. The molecule has 3 aromatic rings. The fourth-order valence-electron chi connectivity index (χ4n) is 7.19. The summed E-state index contributed by atoms with van der Waals surface area (Å²) in [7, 11) is 0. The second-order valence-corrected chi connectivity index (χ2v) is 12.5. The van der Waals surface area contributed by atoms with Gasteiger partial charge in [0.15, 0.2) is 0 Å². The van der Waals surface area contributed by atoms with Gasteiger partial charge in [0, 0.05) is 54.4 Å². The summed E-state index contributed by atoms with van der Waals surface area (Å²) < 4.78 is 20.5. The smallest absolute Gasteiger partial charge is 0.225 e. The monoisotopic (exact) mass is 556 g/mol. The van der Waals surface area contributed by atoms with E-state index in [2.05, 4.69) is 46.0 Å². The van der Waals surface area contributed by atoms with Crippen molar-refractivity contribution in [3.05, 3.63) is 59.0 Å². The molecule has 1 aromatic carbocycles. The molecular weight excluding hydrogens is 515 g/mol. The predicted octanol–water partition coefficient (Wildman–Crippen LogP) is 5.92. The normalized spacial score (nSPS) is 28.1. The number of pyridine rings is 1. The van der Waals surface area contributed by atoms with Gasteiger partial charge in [-0.25, -0.2) is 14.4 Å². The zero-order valence-electron chi connectivity index (χ0n) is 24.5. The molecule has 3 saturated heterocycles. The van der Waals surface area contributed by atoms with E-state index in [0.29, 0.717) is 36.9 Å². The van der Waals surface area contributed by atoms with Crippen molar-refractivity contribution >= 4 is 16.9 Å². The van der Waals surface area contributed by atoms with Crippen molar-refractivity contribution < 1.29 is 9.13 Å². The summed E-state index contributed by atoms with van der Waals surface area (Å²) in [6.45, 7) is 10.5. The molecule has 41 heavy (non-hydrogen) atoms. The standard InChI is InChI=1S/C33H41FN6O/c1-21-19-40(14-10-30(21)34)33-37-22(2)15-31(38-33)24-8-12-39(13-9-24)20-27-17-26(16-23(3)41-27)28-7-6-25(18-35)32-29(28)5-4-11-36-32/h4-7,11,15,21,23-24,26-27,30H,8-10,12-14,16-17,19-20H2,1-3H3/t21?,23-,26?,27-,30-/m1/s1. The molecule has 6 rings (SSSR count). The number of likely N-dealkylation sites (tertiary alicyclic amines) is 1. The van der Waals surface area contributed by atoms with E-state index in [1.807, 2.05) is 26.0 Å². The van der Waals surface area contributed by atoms with Gasteiger partial charge in [-0.15, -0.1) is 0 Å². The van der Waals surface area contributed by atoms with Crippen molar-refractivity contribution in [2.75, 3.05) is 37.6 Å². The van der Waals surface area contributed by atoms with Crippen LogP contribution in [-0.2, 0) is 4.74 Å². The van der Waals surface area contributed by atoms with E-state index in [-0.39, 0.29) is 18.1 Å². The van der Waals surface area contributed by atoms with Crippen LogP contribution in [0.4, 0.5) is 10.3 Å². The lowest BCUT2D eigenvalue weighted by molar-refractivity contribution is -0.0636. The molecule has 3 fully saturated rings. The van der Waals surface area contributed by atoms with Gasteiger partial charge in [-0.2, -0.15) is 5.26 Å². The Labute approximate surface area is 242 Å². The summed E-state index contributed by atoms with van der Waals surface area (Å²) in [5.74, 6) is 1.58. The van der Waals surface area contributed by atoms with Gasteiger partial charge in [0.25, 0.3) is 0 Å². The number of nitrogens with zero attached hydrogens (tertiary/aromatic N) is 6. The van der Waals surface area contributed by atoms with Gasteiger partial charge < -0.3 is 14.5 Å². The summed E-state index contributed by atoms with van der Waals surface area (Å²) in [5, 5.41) is 10.7. The zero-order valence-corrected chi connectivity index (χ0v) is 24.5. The SMILES string of the molecule is Cc1cc(C2CCN(C[C@H]3CC(c4ccc(C#N)c5ncccc45)C[C@@H](C)O3)CC2)nc(N2CC[C@@H](F)C(C)C2)n1. The molecule has 216 valence electrons. The third-order valence-electron chi connectivity index (χ3n) is 9.37. The molecule has 0 radical (unpaired) electrons. The largest absolute Gasteiger partial charge is 0.374 e. The number of ether oxygens (including phenoxy) is 1. The zero-order chi connectivity index (χ0) is 28.5. The minimum absolute atomic E-state index is 0.0103. The first-order valence-corrected chi connectivity index (χ1v) is 15.3. The number of rotatable bonds is 5. The Morgan fingerprint density at radius 1 is 1.05 bits per heavy atom. The van der Waals surface area contributed by atoms with Gasteiger partial charge in [-0.3, -0.25) is 4.98 Å². The lowest BCUT2D eigenvalue weighted by Gasteiger charge is -2.39. The number of alkyl halides is 1. The number of piperidine rings is 2. The van der Waals surface area contributed by atoms with Crippen LogP contribution in [0.2, 0.25) is 0 Å². The molecule has 3 aliphatic heterocycles. The van der Waals surface area contributed by atoms with E-state index in [1.54, 1.807) is 6.20 Å². The third-order valence-corrected chi connectivity index (χ3v) is 9.37. The van der Waals surface area contributed by atoms with Crippen molar-refractivity contribution in [2.24, 2.45) is 5.92 Å². The first kappa shape index (κ1) is 28.0. The number of nitriles is 1. The Morgan fingerprint density at radius 2 is 1.88 bits per heavy atom. The first-order chi connectivity index (χ1) is 19.9. The summed E-state index contributed by atoms with van der Waals surface area (Å²) in [6.07, 6.45) is 6.03. The van der Waals surface area contributed by atoms with E-state index >= 15 is 0 Å². The van der Waals surface area contributed by atoms with Crippen molar-refractivity contribution in [3.63, 3.8) is 0 Å². The van der Waals surface area contributed by atoms with Crippen molar-refractivity contribution in [1.29, 1.82) is 5.26 Å². The maximum absolute atomic E-state index is 14.0. The molecule has 0 amide bonds. The summed E-state index contributed by atoms with van der Waals surface area (Å²) >= 11 is 0. The Balaban J connectivity index is 1.09. The number of benzene rings is 1. The molecule has 0 spiro atoms. The van der Waals surface area contributed by atoms with Gasteiger partial charge in [0.05, 0.1) is 23.3 Å². The lowest BCUT2D eigenvalue weighted by Crippen LogP contribution is -2.43. The molecule has 2 aromatic heterocycles. The van der Waals surface area contributed by atoms with Crippen LogP contribution in [-0.4, -0.2) is 71.0 Å². The topological polar surface area (TPSA) is 78.2 Å². The predicted molar refractivity (Wildman–Crippen MR) is 159 cm³/mol. The van der Waals surface area contributed by atoms with Gasteiger partial charge in [0.2, 0.25) is 5.95 Å². The second kappa shape index (κ2) is 12.0. The number of aryl methyl sites for hydroxylation is 1. The van der Waals surface area contributed by atoms with Crippen LogP contribution < -0.4 is 4.90 Å². The molecule has 2 unspecified atom stereocenters. The Morgan fingerprint density at radius 3 is 2.66 bits per heavy atom. The highest BCUT2D eigenvalue weighted by Crippen LogP contribution is 2.38. The van der Waals surface area contributed by atoms with E-state index < -0.39 is 6.17 Å². The Hall–Kier alpha value is -3.15. The molecule has 8 heteroatoms. The Bertz CT molecular complexity index is 1420. The Kier molecular flexibility index (Phi) is 8.19. The summed E-state index contributed by atoms with van der Waals surface area (Å²) in [5.41, 5.74) is 4.84. The van der Waals surface area contributed by atoms with Crippen LogP contribution in [0.15, 0.2) is 36.5 Å². The maximum atomic E-state index is 14.0. The van der Waals surface area contributed by atoms with Crippen LogP contribution in [0.3, 0.4) is 0 Å². The lowest BCUT2D eigenvalue weighted by atomic mass is 9.83. The summed E-state index contributed by atoms with van der Waals surface area (Å²) in [6, 6.07) is 12.6. The van der Waals surface area contributed by atoms with E-state index in [4.69, 9.17) is 14.7 Å². The number of hydrogen-bond donors (Lipinski definition) is 0. The van der Waals surface area contributed by atoms with Crippen LogP contribution in [0.25, 0.3) is 10.9 Å². The van der Waals surface area contributed by atoms with Crippen LogP contribution in [0, 0.1) is 24.2 Å². The molecule has 0 N–H and O–H groups in total. The van der Waals surface area contributed by atoms with Crippen molar-refractivity contribution in [3.8, 4) is 6.07 Å². The maximum Gasteiger partial charge on any atom is 0.225 e. The molecule has 3 aliphatic rings. The van der Waals surface area contributed by atoms with Gasteiger partial charge in [0.1, 0.15) is 12.2 Å². The molecule has 0 saturated carbocycles. The average molecular weight is 557 g/mol. The highest BCUT2D eigenvalue weighted by molar-refractivity contribution is 5.87. The minimum atomic E-state index is -0.730. The van der Waals surface area contributed by atoms with E-state index in [1.165, 1.54) is 5.56 Å². The number of fused-ring (bicyclic) bond motifs is 1. The molecular formula is C33H41FN6O. The van der Waals surface area contributed by atoms with Gasteiger partial charge in [-0.05, 0) is 88.7 Å². The molecule has 5 heterocycles. The van der Waals surface area contributed by atoms with E-state index in [0.717, 1.165) is 73.6 Å². The number of hydrogen-bond acceptors (Lipinski definition) is 7. The van der Waals surface area contributed by atoms with Gasteiger partial charge >= 0.3 is 0 Å². The number of halogens is 1. The third kappa shape index (κ3) is 6.07. The van der Waals surface area contributed by atoms with Crippen molar-refractivity contribution in [2.45, 2.75) is 83.1 Å². The van der Waals surface area contributed by atoms with Gasteiger partial charge in [-0.1, -0.05) is 19.1 Å². The fraction of sp³-hybridized carbons (Fsp3) is 0.576. The van der Waals surface area contributed by atoms with Crippen LogP contribution in [0.5, 0.6) is 0 Å². The van der Waals surface area contributed by atoms with Crippen LogP contribution >= 0.6 is 0 Å². The molecule has 0 aliphatic carbocycles. The highest BCUT2D eigenvalue weighted by atomic mass is 19.1. The van der Waals surface area contributed by atoms with Crippen molar-refractivity contribution in [1.82, 2.24) is 19.9 Å². The molecule has 0 bridgehead atoms.